The van der Waals surface area contributed by atoms with E-state index in [4.69, 9.17) is 0 Å². The van der Waals surface area contributed by atoms with Crippen LogP contribution in [-0.2, 0) is 0 Å². The molecule has 1 heterocycles. The zero-order valence-corrected chi connectivity index (χ0v) is 12.7. The van der Waals surface area contributed by atoms with E-state index in [2.05, 4.69) is 27.5 Å². The molecule has 1 aromatic rings. The van der Waals surface area contributed by atoms with Crippen LogP contribution < -0.4 is 10.6 Å². The van der Waals surface area contributed by atoms with E-state index >= 15 is 0 Å². The summed E-state index contributed by atoms with van der Waals surface area (Å²) >= 11 is 0. The van der Waals surface area contributed by atoms with Gasteiger partial charge in [0.15, 0.2) is 0 Å². The second-order valence-electron chi connectivity index (χ2n) is 5.96. The van der Waals surface area contributed by atoms with Crippen LogP contribution in [0.5, 0.6) is 0 Å². The number of aromatic nitrogens is 2. The first-order valence-corrected chi connectivity index (χ1v) is 7.55. The lowest BCUT2D eigenvalue weighted by atomic mass is 9.77. The van der Waals surface area contributed by atoms with Crippen molar-refractivity contribution in [1.29, 1.82) is 0 Å². The van der Waals surface area contributed by atoms with Crippen LogP contribution in [0.15, 0.2) is 6.07 Å². The molecular formula is C15H26N4O. The highest BCUT2D eigenvalue weighted by Gasteiger charge is 2.33. The fraction of sp³-hybridized carbons (Fsp3) is 0.733. The normalized spacial score (nSPS) is 26.3. The monoisotopic (exact) mass is 278 g/mol. The molecule has 3 N–H and O–H groups in total. The van der Waals surface area contributed by atoms with Gasteiger partial charge in [0.2, 0.25) is 0 Å². The third-order valence-corrected chi connectivity index (χ3v) is 4.12. The lowest BCUT2D eigenvalue weighted by Crippen LogP contribution is -2.45. The lowest BCUT2D eigenvalue weighted by Gasteiger charge is -2.39. The molecule has 5 nitrogen and oxygen atoms in total. The van der Waals surface area contributed by atoms with Gasteiger partial charge in [0.05, 0.1) is 12.1 Å². The van der Waals surface area contributed by atoms with Gasteiger partial charge in [0.25, 0.3) is 0 Å². The van der Waals surface area contributed by atoms with Crippen LogP contribution in [0.2, 0.25) is 0 Å². The minimum absolute atomic E-state index is 0.152. The zero-order valence-electron chi connectivity index (χ0n) is 12.7. The Balaban J connectivity index is 2.14. The molecule has 1 fully saturated rings. The van der Waals surface area contributed by atoms with Crippen molar-refractivity contribution in [2.75, 3.05) is 23.8 Å². The lowest BCUT2D eigenvalue weighted by molar-refractivity contribution is 0.155. The highest BCUT2D eigenvalue weighted by Crippen LogP contribution is 2.34. The van der Waals surface area contributed by atoms with Gasteiger partial charge < -0.3 is 15.7 Å². The minimum Gasteiger partial charge on any atom is -0.394 e. The highest BCUT2D eigenvalue weighted by atomic mass is 16.3. The van der Waals surface area contributed by atoms with Crippen molar-refractivity contribution in [1.82, 2.24) is 9.97 Å². The van der Waals surface area contributed by atoms with E-state index in [0.29, 0.717) is 0 Å². The van der Waals surface area contributed by atoms with Crippen molar-refractivity contribution in [3.05, 3.63) is 11.9 Å². The molecule has 0 radical (unpaired) electrons. The van der Waals surface area contributed by atoms with Crippen molar-refractivity contribution in [2.24, 2.45) is 5.92 Å². The standard InChI is InChI=1S/C15H26N4O/c1-4-16-13-9-14(18-12(3)17-13)19-15(10-20)7-5-11(2)6-8-15/h9,11,20H,4-8,10H2,1-3H3,(H2,16,17,18,19). The van der Waals surface area contributed by atoms with Crippen molar-refractivity contribution < 1.29 is 5.11 Å². The molecule has 0 amide bonds. The van der Waals surface area contributed by atoms with Crippen molar-refractivity contribution in [3.63, 3.8) is 0 Å². The average molecular weight is 278 g/mol. The summed E-state index contributed by atoms with van der Waals surface area (Å²) in [6.45, 7) is 7.19. The number of aliphatic hydroxyl groups is 1. The van der Waals surface area contributed by atoms with E-state index in [1.54, 1.807) is 0 Å². The summed E-state index contributed by atoms with van der Waals surface area (Å²) < 4.78 is 0. The molecule has 0 unspecified atom stereocenters. The molecular weight excluding hydrogens is 252 g/mol. The van der Waals surface area contributed by atoms with Crippen molar-refractivity contribution in [2.45, 2.75) is 52.0 Å². The summed E-state index contributed by atoms with van der Waals surface area (Å²) in [4.78, 5) is 8.80. The predicted octanol–water partition coefficient (Wildman–Crippen LogP) is 2.57. The van der Waals surface area contributed by atoms with Crippen molar-refractivity contribution >= 4 is 11.6 Å². The third-order valence-electron chi connectivity index (χ3n) is 4.12. The molecule has 1 aliphatic carbocycles. The van der Waals surface area contributed by atoms with Gasteiger partial charge in [0.1, 0.15) is 17.5 Å². The van der Waals surface area contributed by atoms with Gasteiger partial charge in [-0.05, 0) is 45.4 Å². The second-order valence-corrected chi connectivity index (χ2v) is 5.96. The quantitative estimate of drug-likeness (QED) is 0.772. The van der Waals surface area contributed by atoms with E-state index in [1.165, 1.54) is 0 Å². The smallest absolute Gasteiger partial charge is 0.132 e. The molecule has 0 aliphatic heterocycles. The van der Waals surface area contributed by atoms with Crippen LogP contribution in [0, 0.1) is 12.8 Å². The maximum absolute atomic E-state index is 9.81. The second kappa shape index (κ2) is 6.39. The van der Waals surface area contributed by atoms with Crippen molar-refractivity contribution in [3.8, 4) is 0 Å². The number of anilines is 2. The number of nitrogens with zero attached hydrogens (tertiary/aromatic N) is 2. The molecule has 0 atom stereocenters. The Morgan fingerprint density at radius 1 is 1.30 bits per heavy atom. The van der Waals surface area contributed by atoms with Gasteiger partial charge in [-0.2, -0.15) is 0 Å². The zero-order chi connectivity index (χ0) is 14.6. The summed E-state index contributed by atoms with van der Waals surface area (Å²) in [5.41, 5.74) is -0.225. The van der Waals surface area contributed by atoms with Gasteiger partial charge in [-0.15, -0.1) is 0 Å². The Labute approximate surface area is 121 Å². The van der Waals surface area contributed by atoms with Gasteiger partial charge in [0, 0.05) is 12.6 Å². The summed E-state index contributed by atoms with van der Waals surface area (Å²) in [6, 6.07) is 1.92. The van der Waals surface area contributed by atoms with Gasteiger partial charge >= 0.3 is 0 Å². The first kappa shape index (κ1) is 15.0. The summed E-state index contributed by atoms with van der Waals surface area (Å²) in [6.07, 6.45) is 4.28. The van der Waals surface area contributed by atoms with Gasteiger partial charge in [-0.1, -0.05) is 6.92 Å². The molecule has 2 rings (SSSR count). The third kappa shape index (κ3) is 3.60. The first-order chi connectivity index (χ1) is 9.57. The number of hydrogen-bond donors (Lipinski definition) is 3. The van der Waals surface area contributed by atoms with E-state index in [1.807, 2.05) is 19.9 Å². The number of hydrogen-bond acceptors (Lipinski definition) is 5. The fourth-order valence-corrected chi connectivity index (χ4v) is 2.81. The molecule has 112 valence electrons. The molecule has 1 aromatic heterocycles. The first-order valence-electron chi connectivity index (χ1n) is 7.55. The number of nitrogens with one attached hydrogen (secondary N) is 2. The minimum atomic E-state index is -0.225. The van der Waals surface area contributed by atoms with E-state index in [9.17, 15) is 5.11 Å². The maximum atomic E-state index is 9.81. The Kier molecular flexibility index (Phi) is 4.81. The highest BCUT2D eigenvalue weighted by molar-refractivity contribution is 5.49. The molecule has 1 saturated carbocycles. The maximum Gasteiger partial charge on any atom is 0.132 e. The SMILES string of the molecule is CCNc1cc(NC2(CO)CCC(C)CC2)nc(C)n1. The molecule has 5 heteroatoms. The summed E-state index contributed by atoms with van der Waals surface area (Å²) in [5, 5.41) is 16.5. The number of aryl methyl sites for hydroxylation is 1. The summed E-state index contributed by atoms with van der Waals surface area (Å²) in [7, 11) is 0. The molecule has 20 heavy (non-hydrogen) atoms. The van der Waals surface area contributed by atoms with Crippen LogP contribution in [0.25, 0.3) is 0 Å². The largest absolute Gasteiger partial charge is 0.394 e. The van der Waals surface area contributed by atoms with Gasteiger partial charge in [-0.25, -0.2) is 9.97 Å². The van der Waals surface area contributed by atoms with E-state index in [0.717, 1.165) is 55.6 Å². The van der Waals surface area contributed by atoms with Crippen LogP contribution in [0.4, 0.5) is 11.6 Å². The summed E-state index contributed by atoms with van der Waals surface area (Å²) in [5.74, 6) is 3.13. The Morgan fingerprint density at radius 3 is 2.55 bits per heavy atom. The number of rotatable bonds is 5. The Bertz CT molecular complexity index is 441. The topological polar surface area (TPSA) is 70.1 Å². The molecule has 0 aromatic carbocycles. The molecule has 0 saturated heterocycles. The predicted molar refractivity (Wildman–Crippen MR) is 82.0 cm³/mol. The fourth-order valence-electron chi connectivity index (χ4n) is 2.81. The van der Waals surface area contributed by atoms with E-state index < -0.39 is 0 Å². The number of aliphatic hydroxyl groups excluding tert-OH is 1. The van der Waals surface area contributed by atoms with Crippen LogP contribution in [0.1, 0.15) is 45.4 Å². The Hall–Kier alpha value is -1.36. The molecule has 0 bridgehead atoms. The van der Waals surface area contributed by atoms with Crippen LogP contribution in [-0.4, -0.2) is 33.8 Å². The average Bonchev–Trinajstić information content (AvgIpc) is 2.41. The molecule has 0 spiro atoms. The van der Waals surface area contributed by atoms with E-state index in [-0.39, 0.29) is 12.1 Å². The van der Waals surface area contributed by atoms with Gasteiger partial charge in [-0.3, -0.25) is 0 Å². The molecule has 1 aliphatic rings. The van der Waals surface area contributed by atoms with Crippen LogP contribution >= 0.6 is 0 Å². The van der Waals surface area contributed by atoms with Crippen LogP contribution in [0.3, 0.4) is 0 Å². The Morgan fingerprint density at radius 2 is 1.95 bits per heavy atom.